The Kier molecular flexibility index (Phi) is 5.52. The summed E-state index contributed by atoms with van der Waals surface area (Å²) in [6.07, 6.45) is 4.73. The maximum absolute atomic E-state index is 13.3. The van der Waals surface area contributed by atoms with E-state index in [2.05, 4.69) is 0 Å². The monoisotopic (exact) mass is 406 g/mol. The number of carbonyl (C=O) groups is 3. The first-order valence-electron chi connectivity index (χ1n) is 9.92. The van der Waals surface area contributed by atoms with E-state index in [4.69, 9.17) is 8.83 Å². The summed E-state index contributed by atoms with van der Waals surface area (Å²) in [5, 5.41) is 0. The molecule has 3 heterocycles. The van der Waals surface area contributed by atoms with Gasteiger partial charge in [0.25, 0.3) is 17.7 Å². The van der Waals surface area contributed by atoms with Crippen LogP contribution in [-0.4, -0.2) is 34.1 Å². The molecule has 7 nitrogen and oxygen atoms in total. The van der Waals surface area contributed by atoms with Crippen LogP contribution in [0.4, 0.5) is 0 Å². The van der Waals surface area contributed by atoms with Gasteiger partial charge < -0.3 is 13.7 Å². The Balaban J connectivity index is 1.60. The number of imide groups is 1. The van der Waals surface area contributed by atoms with Gasteiger partial charge in [-0.2, -0.15) is 0 Å². The largest absolute Gasteiger partial charge is 0.467 e. The molecule has 0 radical (unpaired) electrons. The number of unbranched alkanes of at least 4 members (excludes halogenated alkanes) is 1. The molecule has 0 atom stereocenters. The Morgan fingerprint density at radius 3 is 2.13 bits per heavy atom. The Morgan fingerprint density at radius 2 is 1.57 bits per heavy atom. The predicted octanol–water partition coefficient (Wildman–Crippen LogP) is 4.11. The number of fused-ring (bicyclic) bond motifs is 1. The second kappa shape index (κ2) is 8.41. The molecule has 4 rings (SSSR count). The van der Waals surface area contributed by atoms with Crippen molar-refractivity contribution in [1.29, 1.82) is 0 Å². The van der Waals surface area contributed by atoms with Crippen LogP contribution >= 0.6 is 0 Å². The van der Waals surface area contributed by atoms with Crippen LogP contribution in [-0.2, 0) is 13.1 Å². The van der Waals surface area contributed by atoms with E-state index < -0.39 is 0 Å². The van der Waals surface area contributed by atoms with Crippen molar-refractivity contribution < 1.29 is 23.2 Å². The van der Waals surface area contributed by atoms with Crippen LogP contribution < -0.4 is 0 Å². The molecule has 0 saturated carbocycles. The van der Waals surface area contributed by atoms with Crippen molar-refractivity contribution in [2.75, 3.05) is 6.54 Å². The van der Waals surface area contributed by atoms with Crippen LogP contribution in [0.15, 0.2) is 63.8 Å². The topological polar surface area (TPSA) is 84.0 Å². The van der Waals surface area contributed by atoms with Crippen LogP contribution in [0, 0.1) is 0 Å². The molecular formula is C23H22N2O5. The van der Waals surface area contributed by atoms with Gasteiger partial charge in [-0.1, -0.05) is 13.3 Å². The van der Waals surface area contributed by atoms with Crippen molar-refractivity contribution >= 4 is 17.7 Å². The predicted molar refractivity (Wildman–Crippen MR) is 108 cm³/mol. The van der Waals surface area contributed by atoms with Crippen molar-refractivity contribution in [1.82, 2.24) is 9.80 Å². The second-order valence-electron chi connectivity index (χ2n) is 7.20. The molecule has 3 amide bonds. The van der Waals surface area contributed by atoms with Gasteiger partial charge in [0.05, 0.1) is 36.7 Å². The smallest absolute Gasteiger partial charge is 0.261 e. The third-order valence-corrected chi connectivity index (χ3v) is 5.09. The number of rotatable bonds is 8. The van der Waals surface area contributed by atoms with E-state index in [9.17, 15) is 14.4 Å². The van der Waals surface area contributed by atoms with Crippen molar-refractivity contribution in [2.24, 2.45) is 0 Å². The first kappa shape index (κ1) is 19.7. The van der Waals surface area contributed by atoms with Gasteiger partial charge in [-0.25, -0.2) is 0 Å². The molecule has 1 aromatic carbocycles. The van der Waals surface area contributed by atoms with Gasteiger partial charge in [0.2, 0.25) is 0 Å². The van der Waals surface area contributed by atoms with Crippen molar-refractivity contribution in [3.63, 3.8) is 0 Å². The van der Waals surface area contributed by atoms with Gasteiger partial charge in [-0.05, 0) is 48.9 Å². The van der Waals surface area contributed by atoms with E-state index in [1.54, 1.807) is 53.8 Å². The van der Waals surface area contributed by atoms with Crippen molar-refractivity contribution in [2.45, 2.75) is 32.9 Å². The zero-order valence-electron chi connectivity index (χ0n) is 16.7. The zero-order valence-corrected chi connectivity index (χ0v) is 16.7. The van der Waals surface area contributed by atoms with Crippen LogP contribution in [0.5, 0.6) is 0 Å². The number of amides is 3. The fraction of sp³-hybridized carbons (Fsp3) is 0.261. The normalized spacial score (nSPS) is 13.0. The lowest BCUT2D eigenvalue weighted by Crippen LogP contribution is -2.30. The van der Waals surface area contributed by atoms with Crippen LogP contribution in [0.2, 0.25) is 0 Å². The zero-order chi connectivity index (χ0) is 21.1. The van der Waals surface area contributed by atoms with Crippen molar-refractivity contribution in [3.8, 4) is 0 Å². The summed E-state index contributed by atoms with van der Waals surface area (Å²) in [5.41, 5.74) is 0.958. The average Bonchev–Trinajstić information content (AvgIpc) is 3.50. The van der Waals surface area contributed by atoms with Crippen LogP contribution in [0.3, 0.4) is 0 Å². The number of hydrogen-bond acceptors (Lipinski definition) is 5. The third-order valence-electron chi connectivity index (χ3n) is 5.09. The van der Waals surface area contributed by atoms with Gasteiger partial charge in [-0.15, -0.1) is 0 Å². The molecule has 0 unspecified atom stereocenters. The Morgan fingerprint density at radius 1 is 0.933 bits per heavy atom. The highest BCUT2D eigenvalue weighted by Crippen LogP contribution is 2.25. The average molecular weight is 406 g/mol. The fourth-order valence-corrected chi connectivity index (χ4v) is 3.51. The summed E-state index contributed by atoms with van der Waals surface area (Å²) in [4.78, 5) is 41.4. The molecule has 0 spiro atoms. The minimum atomic E-state index is -0.346. The fourth-order valence-electron chi connectivity index (χ4n) is 3.51. The molecule has 0 N–H and O–H groups in total. The van der Waals surface area contributed by atoms with E-state index >= 15 is 0 Å². The highest BCUT2D eigenvalue weighted by molar-refractivity contribution is 6.22. The molecule has 1 aliphatic heterocycles. The van der Waals surface area contributed by atoms with Gasteiger partial charge in [0.1, 0.15) is 11.5 Å². The molecule has 2 aromatic heterocycles. The molecule has 154 valence electrons. The Hall–Kier alpha value is -3.61. The minimum Gasteiger partial charge on any atom is -0.467 e. The highest BCUT2D eigenvalue weighted by atomic mass is 16.3. The standard InChI is InChI=1S/C23H22N2O5/c1-2-3-10-25-22(27)19-9-8-16(13-20(19)23(25)28)21(26)24(14-17-6-4-11-29-17)15-18-7-5-12-30-18/h4-9,11-13H,2-3,10,14-15H2,1H3. The first-order valence-corrected chi connectivity index (χ1v) is 9.92. The Labute approximate surface area is 173 Å². The van der Waals surface area contributed by atoms with E-state index in [0.717, 1.165) is 12.8 Å². The minimum absolute atomic E-state index is 0.249. The second-order valence-corrected chi connectivity index (χ2v) is 7.20. The van der Waals surface area contributed by atoms with Crippen LogP contribution in [0.25, 0.3) is 0 Å². The van der Waals surface area contributed by atoms with Gasteiger partial charge >= 0.3 is 0 Å². The first-order chi connectivity index (χ1) is 14.6. The van der Waals surface area contributed by atoms with E-state index in [1.807, 2.05) is 6.92 Å². The summed E-state index contributed by atoms with van der Waals surface area (Å²) in [5.74, 6) is 0.339. The molecule has 0 aliphatic carbocycles. The molecular weight excluding hydrogens is 384 g/mol. The lowest BCUT2D eigenvalue weighted by atomic mass is 10.0. The molecule has 7 heteroatoms. The third kappa shape index (κ3) is 3.78. The van der Waals surface area contributed by atoms with E-state index in [-0.39, 0.29) is 36.4 Å². The number of carbonyl (C=O) groups excluding carboxylic acids is 3. The van der Waals surface area contributed by atoms with Crippen molar-refractivity contribution in [3.05, 3.63) is 83.2 Å². The van der Waals surface area contributed by atoms with Gasteiger partial charge in [0.15, 0.2) is 0 Å². The maximum Gasteiger partial charge on any atom is 0.261 e. The Bertz CT molecular complexity index is 1020. The molecule has 0 saturated heterocycles. The SMILES string of the molecule is CCCCN1C(=O)c2ccc(C(=O)N(Cc3ccco3)Cc3ccco3)cc2C1=O. The molecule has 1 aliphatic rings. The quantitative estimate of drug-likeness (QED) is 0.526. The number of nitrogens with zero attached hydrogens (tertiary/aromatic N) is 2. The van der Waals surface area contributed by atoms with Crippen LogP contribution in [0.1, 0.15) is 62.4 Å². The summed E-state index contributed by atoms with van der Waals surface area (Å²) < 4.78 is 10.8. The van der Waals surface area contributed by atoms with Gasteiger partial charge in [-0.3, -0.25) is 19.3 Å². The number of benzene rings is 1. The highest BCUT2D eigenvalue weighted by Gasteiger charge is 2.35. The number of furan rings is 2. The lowest BCUT2D eigenvalue weighted by Gasteiger charge is -2.21. The van der Waals surface area contributed by atoms with Gasteiger partial charge in [0, 0.05) is 12.1 Å². The molecule has 0 fully saturated rings. The molecule has 3 aromatic rings. The maximum atomic E-state index is 13.3. The lowest BCUT2D eigenvalue weighted by molar-refractivity contribution is 0.0651. The summed E-state index contributed by atoms with van der Waals surface area (Å²) >= 11 is 0. The van der Waals surface area contributed by atoms with E-state index in [0.29, 0.717) is 29.2 Å². The summed E-state index contributed by atoms with van der Waals surface area (Å²) in [7, 11) is 0. The number of hydrogen-bond donors (Lipinski definition) is 0. The summed E-state index contributed by atoms with van der Waals surface area (Å²) in [6.45, 7) is 2.88. The molecule has 0 bridgehead atoms. The summed E-state index contributed by atoms with van der Waals surface area (Å²) in [6, 6.07) is 11.8. The molecule has 30 heavy (non-hydrogen) atoms. The van der Waals surface area contributed by atoms with E-state index in [1.165, 1.54) is 11.0 Å².